The monoisotopic (exact) mass is 515 g/mol. The maximum absolute atomic E-state index is 13.6. The zero-order chi connectivity index (χ0) is 26.5. The lowest BCUT2D eigenvalue weighted by Crippen LogP contribution is -2.54. The third-order valence-corrected chi connectivity index (χ3v) is 8.35. The van der Waals surface area contributed by atoms with Crippen LogP contribution in [0.1, 0.15) is 78.9 Å². The molecule has 2 aliphatic heterocycles. The average molecular weight is 516 g/mol. The summed E-state index contributed by atoms with van der Waals surface area (Å²) in [6, 6.07) is 16.5. The van der Waals surface area contributed by atoms with E-state index in [1.807, 2.05) is 35.2 Å². The summed E-state index contributed by atoms with van der Waals surface area (Å²) in [6.07, 6.45) is 9.85. The molecule has 6 heteroatoms. The number of aryl methyl sites for hydroxylation is 1. The van der Waals surface area contributed by atoms with Crippen molar-refractivity contribution in [3.63, 3.8) is 0 Å². The van der Waals surface area contributed by atoms with Gasteiger partial charge in [-0.2, -0.15) is 0 Å². The van der Waals surface area contributed by atoms with Crippen molar-refractivity contribution >= 4 is 17.9 Å². The topological polar surface area (TPSA) is 61.9 Å². The van der Waals surface area contributed by atoms with Crippen molar-refractivity contribution in [3.05, 3.63) is 76.5 Å². The number of likely N-dealkylation sites (tertiary alicyclic amines) is 1. The minimum Gasteiger partial charge on any atom is -0.482 e. The summed E-state index contributed by atoms with van der Waals surface area (Å²) in [5.41, 5.74) is 3.83. The number of piperidine rings is 1. The van der Waals surface area contributed by atoms with Crippen molar-refractivity contribution in [3.8, 4) is 0 Å². The van der Waals surface area contributed by atoms with Gasteiger partial charge in [0.15, 0.2) is 5.76 Å². The fourth-order valence-corrected chi connectivity index (χ4v) is 6.16. The van der Waals surface area contributed by atoms with E-state index in [0.29, 0.717) is 30.5 Å². The maximum atomic E-state index is 13.6. The number of carbonyl (C=O) groups excluding carboxylic acids is 2. The van der Waals surface area contributed by atoms with Gasteiger partial charge in [-0.15, -0.1) is 0 Å². The highest BCUT2D eigenvalue weighted by Crippen LogP contribution is 2.34. The molecule has 3 unspecified atom stereocenters. The van der Waals surface area contributed by atoms with E-state index in [2.05, 4.69) is 48.3 Å². The first kappa shape index (κ1) is 26.5. The number of hydrogen-bond donors (Lipinski definition) is 1. The predicted octanol–water partition coefficient (Wildman–Crippen LogP) is 5.31. The second kappa shape index (κ2) is 12.2. The molecule has 3 aliphatic rings. The van der Waals surface area contributed by atoms with Gasteiger partial charge in [0.1, 0.15) is 6.10 Å². The average Bonchev–Trinajstić information content (AvgIpc) is 2.92. The van der Waals surface area contributed by atoms with Crippen LogP contribution in [-0.4, -0.2) is 59.4 Å². The Morgan fingerprint density at radius 2 is 1.84 bits per heavy atom. The van der Waals surface area contributed by atoms with Crippen LogP contribution in [0, 0.1) is 6.92 Å². The highest BCUT2D eigenvalue weighted by atomic mass is 16.5. The Hall–Kier alpha value is -3.12. The van der Waals surface area contributed by atoms with E-state index in [-0.39, 0.29) is 24.0 Å². The van der Waals surface area contributed by atoms with E-state index in [9.17, 15) is 9.59 Å². The number of carbonyl (C=O) groups is 2. The summed E-state index contributed by atoms with van der Waals surface area (Å²) in [5.74, 6) is 0.283. The van der Waals surface area contributed by atoms with Gasteiger partial charge in [-0.3, -0.25) is 14.5 Å². The molecule has 0 spiro atoms. The number of nitrogens with zero attached hydrogens (tertiary/aromatic N) is 2. The molecule has 2 heterocycles. The number of nitrogens with one attached hydrogen (secondary N) is 1. The van der Waals surface area contributed by atoms with Crippen LogP contribution in [-0.2, 0) is 16.1 Å². The van der Waals surface area contributed by atoms with Crippen LogP contribution in [0.5, 0.6) is 0 Å². The molecule has 1 aliphatic carbocycles. The van der Waals surface area contributed by atoms with Crippen molar-refractivity contribution in [1.82, 2.24) is 15.1 Å². The van der Waals surface area contributed by atoms with Gasteiger partial charge in [0.2, 0.25) is 0 Å². The van der Waals surface area contributed by atoms with Crippen molar-refractivity contribution < 1.29 is 14.3 Å². The molecule has 1 saturated carbocycles. The Balaban J connectivity index is 1.24. The number of morpholine rings is 1. The van der Waals surface area contributed by atoms with Crippen LogP contribution in [0.3, 0.4) is 0 Å². The van der Waals surface area contributed by atoms with Crippen LogP contribution in [0.4, 0.5) is 0 Å². The summed E-state index contributed by atoms with van der Waals surface area (Å²) in [5, 5.41) is 3.06. The van der Waals surface area contributed by atoms with Crippen LogP contribution < -0.4 is 5.32 Å². The summed E-state index contributed by atoms with van der Waals surface area (Å²) in [7, 11) is 0. The molecule has 5 rings (SSSR count). The lowest BCUT2D eigenvalue weighted by atomic mass is 9.89. The van der Waals surface area contributed by atoms with Gasteiger partial charge in [-0.25, -0.2) is 0 Å². The summed E-state index contributed by atoms with van der Waals surface area (Å²) in [6.45, 7) is 7.60. The normalized spacial score (nSPS) is 25.1. The third-order valence-electron chi connectivity index (χ3n) is 8.35. The quantitative estimate of drug-likeness (QED) is 0.508. The molecule has 0 aromatic heterocycles. The lowest BCUT2D eigenvalue weighted by Gasteiger charge is -2.44. The molecule has 202 valence electrons. The number of fused-ring (bicyclic) bond motifs is 1. The second-order valence-electron chi connectivity index (χ2n) is 11.2. The fourth-order valence-electron chi connectivity index (χ4n) is 6.16. The predicted molar refractivity (Wildman–Crippen MR) is 150 cm³/mol. The van der Waals surface area contributed by atoms with Gasteiger partial charge in [-0.05, 0) is 81.8 Å². The molecule has 2 aromatic carbocycles. The maximum Gasteiger partial charge on any atom is 0.289 e. The largest absolute Gasteiger partial charge is 0.482 e. The van der Waals surface area contributed by atoms with Crippen LogP contribution in [0.25, 0.3) is 6.08 Å². The molecule has 0 radical (unpaired) electrons. The molecule has 3 atom stereocenters. The molecular weight excluding hydrogens is 474 g/mol. The van der Waals surface area contributed by atoms with Crippen molar-refractivity contribution in [2.24, 2.45) is 0 Å². The smallest absolute Gasteiger partial charge is 0.289 e. The van der Waals surface area contributed by atoms with Gasteiger partial charge in [0.25, 0.3) is 11.8 Å². The van der Waals surface area contributed by atoms with Gasteiger partial charge in [-0.1, -0.05) is 54.8 Å². The van der Waals surface area contributed by atoms with Gasteiger partial charge >= 0.3 is 0 Å². The molecule has 3 fully saturated rings. The molecule has 2 amide bonds. The Morgan fingerprint density at radius 3 is 2.63 bits per heavy atom. The number of amides is 2. The summed E-state index contributed by atoms with van der Waals surface area (Å²) < 4.78 is 6.28. The minimum absolute atomic E-state index is 0.0326. The molecular formula is C32H41N3O3. The highest BCUT2D eigenvalue weighted by Gasteiger charge is 2.41. The van der Waals surface area contributed by atoms with Crippen LogP contribution in [0.15, 0.2) is 54.3 Å². The van der Waals surface area contributed by atoms with E-state index in [4.69, 9.17) is 4.74 Å². The van der Waals surface area contributed by atoms with Crippen LogP contribution >= 0.6 is 0 Å². The van der Waals surface area contributed by atoms with E-state index in [1.165, 1.54) is 24.8 Å². The van der Waals surface area contributed by atoms with Gasteiger partial charge in [0.05, 0.1) is 6.04 Å². The van der Waals surface area contributed by atoms with Crippen molar-refractivity contribution in [2.45, 2.75) is 83.5 Å². The highest BCUT2D eigenvalue weighted by molar-refractivity contribution is 5.97. The lowest BCUT2D eigenvalue weighted by molar-refractivity contribution is -0.149. The summed E-state index contributed by atoms with van der Waals surface area (Å²) in [4.78, 5) is 30.7. The van der Waals surface area contributed by atoms with Gasteiger partial charge in [0, 0.05) is 31.2 Å². The number of benzene rings is 2. The zero-order valence-corrected chi connectivity index (χ0v) is 22.8. The SMILES string of the molecule is Cc1cccc(CN2C(=O)/C(=C\c3ccc(C(=O)NCCN4CCCCC4C)cc3)OC3CCCCC32)c1. The van der Waals surface area contributed by atoms with Crippen LogP contribution in [0.2, 0.25) is 0 Å². The Labute approximate surface area is 227 Å². The number of hydrogen-bond acceptors (Lipinski definition) is 4. The first-order chi connectivity index (χ1) is 18.5. The first-order valence-electron chi connectivity index (χ1n) is 14.3. The number of rotatable bonds is 7. The van der Waals surface area contributed by atoms with E-state index < -0.39 is 0 Å². The molecule has 2 aromatic rings. The van der Waals surface area contributed by atoms with E-state index >= 15 is 0 Å². The second-order valence-corrected chi connectivity index (χ2v) is 11.2. The van der Waals surface area contributed by atoms with E-state index in [0.717, 1.165) is 49.9 Å². The van der Waals surface area contributed by atoms with Crippen molar-refractivity contribution in [1.29, 1.82) is 0 Å². The molecule has 1 N–H and O–H groups in total. The Kier molecular flexibility index (Phi) is 8.48. The number of ether oxygens (including phenoxy) is 1. The van der Waals surface area contributed by atoms with Crippen molar-refractivity contribution in [2.75, 3.05) is 19.6 Å². The molecule has 0 bridgehead atoms. The zero-order valence-electron chi connectivity index (χ0n) is 22.8. The Morgan fingerprint density at radius 1 is 1.05 bits per heavy atom. The molecule has 6 nitrogen and oxygen atoms in total. The molecule has 38 heavy (non-hydrogen) atoms. The fraction of sp³-hybridized carbons (Fsp3) is 0.500. The standard InChI is InChI=1S/C32H41N3O3/c1-23-8-7-10-26(20-23)22-35-28-11-3-4-12-29(28)38-30(32(35)37)21-25-13-15-27(16-14-25)31(36)33-17-19-34-18-6-5-9-24(34)2/h7-8,10,13-16,20-21,24,28-29H,3-6,9,11-12,17-19,22H2,1-2H3,(H,33,36)/b30-21+. The first-order valence-corrected chi connectivity index (χ1v) is 14.3. The Bertz CT molecular complexity index is 1160. The summed E-state index contributed by atoms with van der Waals surface area (Å²) >= 11 is 0. The minimum atomic E-state index is -0.0618. The third kappa shape index (κ3) is 6.29. The van der Waals surface area contributed by atoms with Gasteiger partial charge < -0.3 is 15.0 Å². The van der Waals surface area contributed by atoms with E-state index in [1.54, 1.807) is 0 Å². The molecule has 2 saturated heterocycles.